The Morgan fingerprint density at radius 1 is 1.45 bits per heavy atom. The second-order valence-corrected chi connectivity index (χ2v) is 5.00. The van der Waals surface area contributed by atoms with E-state index in [9.17, 15) is 4.79 Å². The van der Waals surface area contributed by atoms with Gasteiger partial charge in [-0.25, -0.2) is 0 Å². The predicted octanol–water partition coefficient (Wildman–Crippen LogP) is 2.83. The third-order valence-electron chi connectivity index (χ3n) is 0.949. The molecule has 0 aromatic rings. The summed E-state index contributed by atoms with van der Waals surface area (Å²) in [6.45, 7) is 0. The average Bonchev–Trinajstić information content (AvgIpc) is 1.80. The van der Waals surface area contributed by atoms with E-state index < -0.39 is 15.1 Å². The largest absolute Gasteiger partial charge is 0.480 e. The number of rotatable bonds is 3. The van der Waals surface area contributed by atoms with E-state index in [4.69, 9.17) is 51.5 Å². The van der Waals surface area contributed by atoms with E-state index in [-0.39, 0.29) is 12.8 Å². The Balaban J connectivity index is 3.63. The second-order valence-electron chi connectivity index (χ2n) is 1.96. The molecule has 0 aliphatic carbocycles. The number of carboxylic acid groups (broad SMARTS) is 1. The van der Waals surface area contributed by atoms with Crippen LogP contribution in [0.25, 0.3) is 0 Å². The molecule has 0 amide bonds. The SMILES string of the molecule is O=C(O)C(Cl)CCC(Cl)(Cl)Cl. The molecule has 0 aliphatic heterocycles. The summed E-state index contributed by atoms with van der Waals surface area (Å²) in [7, 11) is 0. The Morgan fingerprint density at radius 2 is 1.91 bits per heavy atom. The topological polar surface area (TPSA) is 37.3 Å². The third-order valence-corrected chi connectivity index (χ3v) is 1.92. The molecule has 0 fully saturated rings. The first-order valence-electron chi connectivity index (χ1n) is 2.76. The fourth-order valence-electron chi connectivity index (χ4n) is 0.414. The first-order chi connectivity index (χ1) is 4.83. The van der Waals surface area contributed by atoms with Crippen molar-refractivity contribution in [2.45, 2.75) is 22.0 Å². The maximum Gasteiger partial charge on any atom is 0.321 e. The van der Waals surface area contributed by atoms with Gasteiger partial charge in [0, 0.05) is 0 Å². The van der Waals surface area contributed by atoms with E-state index in [0.29, 0.717) is 0 Å². The number of alkyl halides is 4. The summed E-state index contributed by atoms with van der Waals surface area (Å²) in [6.07, 6.45) is 0.283. The normalized spacial score (nSPS) is 14.5. The van der Waals surface area contributed by atoms with Crippen molar-refractivity contribution in [1.82, 2.24) is 0 Å². The Hall–Kier alpha value is 0.630. The van der Waals surface area contributed by atoms with Crippen molar-refractivity contribution in [2.24, 2.45) is 0 Å². The summed E-state index contributed by atoms with van der Waals surface area (Å²) in [5.41, 5.74) is 0. The van der Waals surface area contributed by atoms with Crippen molar-refractivity contribution in [3.63, 3.8) is 0 Å². The second kappa shape index (κ2) is 4.61. The molecule has 0 saturated heterocycles. The highest BCUT2D eigenvalue weighted by atomic mass is 35.6. The van der Waals surface area contributed by atoms with E-state index in [1.165, 1.54) is 0 Å². The predicted molar refractivity (Wildman–Crippen MR) is 46.8 cm³/mol. The van der Waals surface area contributed by atoms with Gasteiger partial charge in [-0.1, -0.05) is 34.8 Å². The van der Waals surface area contributed by atoms with E-state index in [1.807, 2.05) is 0 Å². The fraction of sp³-hybridized carbons (Fsp3) is 0.800. The lowest BCUT2D eigenvalue weighted by atomic mass is 10.2. The average molecular weight is 240 g/mol. The molecule has 0 heterocycles. The lowest BCUT2D eigenvalue weighted by Gasteiger charge is -2.10. The van der Waals surface area contributed by atoms with Gasteiger partial charge in [-0.15, -0.1) is 11.6 Å². The van der Waals surface area contributed by atoms with Crippen LogP contribution in [0.2, 0.25) is 0 Å². The highest BCUT2D eigenvalue weighted by molar-refractivity contribution is 6.67. The highest BCUT2D eigenvalue weighted by Gasteiger charge is 2.23. The number of halogens is 4. The quantitative estimate of drug-likeness (QED) is 0.770. The lowest BCUT2D eigenvalue weighted by Crippen LogP contribution is -2.16. The van der Waals surface area contributed by atoms with Gasteiger partial charge < -0.3 is 5.11 Å². The van der Waals surface area contributed by atoms with Crippen LogP contribution in [0, 0.1) is 0 Å². The van der Waals surface area contributed by atoms with Crippen LogP contribution in [0.3, 0.4) is 0 Å². The molecule has 0 saturated carbocycles. The van der Waals surface area contributed by atoms with Crippen LogP contribution in [-0.2, 0) is 4.79 Å². The van der Waals surface area contributed by atoms with Gasteiger partial charge >= 0.3 is 5.97 Å². The highest BCUT2D eigenvalue weighted by Crippen LogP contribution is 2.32. The Kier molecular flexibility index (Phi) is 4.87. The molecule has 11 heavy (non-hydrogen) atoms. The van der Waals surface area contributed by atoms with Gasteiger partial charge in [-0.3, -0.25) is 4.79 Å². The molecule has 66 valence electrons. The van der Waals surface area contributed by atoms with Crippen molar-refractivity contribution >= 4 is 52.4 Å². The number of carboxylic acids is 1. The van der Waals surface area contributed by atoms with E-state index in [2.05, 4.69) is 0 Å². The molecule has 0 aromatic carbocycles. The van der Waals surface area contributed by atoms with Crippen molar-refractivity contribution in [3.05, 3.63) is 0 Å². The van der Waals surface area contributed by atoms with Gasteiger partial charge in [-0.2, -0.15) is 0 Å². The maximum atomic E-state index is 10.2. The lowest BCUT2D eigenvalue weighted by molar-refractivity contribution is -0.136. The first-order valence-corrected chi connectivity index (χ1v) is 4.33. The molecular weight excluding hydrogens is 234 g/mol. The molecule has 0 bridgehead atoms. The molecule has 6 heteroatoms. The molecule has 0 spiro atoms. The van der Waals surface area contributed by atoms with Crippen LogP contribution in [-0.4, -0.2) is 20.2 Å². The molecule has 0 rings (SSSR count). The van der Waals surface area contributed by atoms with Crippen molar-refractivity contribution < 1.29 is 9.90 Å². The Bertz CT molecular complexity index is 142. The third kappa shape index (κ3) is 7.01. The fourth-order valence-corrected chi connectivity index (χ4v) is 0.850. The van der Waals surface area contributed by atoms with Crippen LogP contribution in [0.15, 0.2) is 0 Å². The summed E-state index contributed by atoms with van der Waals surface area (Å²) < 4.78 is -1.41. The standard InChI is InChI=1S/C5H6Cl4O2/c6-3(4(10)11)1-2-5(7,8)9/h3H,1-2H2,(H,10,11). The van der Waals surface area contributed by atoms with Gasteiger partial charge in [0.15, 0.2) is 3.79 Å². The van der Waals surface area contributed by atoms with Crippen LogP contribution in [0.4, 0.5) is 0 Å². The molecule has 2 nitrogen and oxygen atoms in total. The molecule has 1 atom stereocenters. The summed E-state index contributed by atoms with van der Waals surface area (Å²) in [4.78, 5) is 10.2. The Labute approximate surface area is 84.4 Å². The smallest absolute Gasteiger partial charge is 0.321 e. The molecule has 0 radical (unpaired) electrons. The van der Waals surface area contributed by atoms with Crippen LogP contribution >= 0.6 is 46.4 Å². The van der Waals surface area contributed by atoms with Crippen molar-refractivity contribution in [2.75, 3.05) is 0 Å². The summed E-state index contributed by atoms with van der Waals surface area (Å²) >= 11 is 21.4. The van der Waals surface area contributed by atoms with Crippen molar-refractivity contribution in [1.29, 1.82) is 0 Å². The zero-order chi connectivity index (χ0) is 9.07. The number of hydrogen-bond donors (Lipinski definition) is 1. The summed E-state index contributed by atoms with van der Waals surface area (Å²) in [6, 6.07) is 0. The minimum atomic E-state index is -1.41. The monoisotopic (exact) mass is 238 g/mol. The van der Waals surface area contributed by atoms with Gasteiger partial charge in [0.2, 0.25) is 0 Å². The Morgan fingerprint density at radius 3 is 2.18 bits per heavy atom. The van der Waals surface area contributed by atoms with Gasteiger partial charge in [0.1, 0.15) is 5.38 Å². The van der Waals surface area contributed by atoms with E-state index in [0.717, 1.165) is 0 Å². The summed E-state index contributed by atoms with van der Waals surface area (Å²) in [5.74, 6) is -1.10. The van der Waals surface area contributed by atoms with E-state index >= 15 is 0 Å². The molecule has 1 unspecified atom stereocenters. The molecule has 1 N–H and O–H groups in total. The molecule has 0 aromatic heterocycles. The molecule has 0 aliphatic rings. The van der Waals surface area contributed by atoms with Gasteiger partial charge in [0.25, 0.3) is 0 Å². The summed E-state index contributed by atoms with van der Waals surface area (Å²) in [5, 5.41) is 7.34. The number of carbonyl (C=O) groups is 1. The van der Waals surface area contributed by atoms with Gasteiger partial charge in [0.05, 0.1) is 0 Å². The minimum absolute atomic E-state index is 0.137. The van der Waals surface area contributed by atoms with Crippen LogP contribution in [0.1, 0.15) is 12.8 Å². The maximum absolute atomic E-state index is 10.2. The number of hydrogen-bond acceptors (Lipinski definition) is 1. The van der Waals surface area contributed by atoms with Crippen molar-refractivity contribution in [3.8, 4) is 0 Å². The van der Waals surface area contributed by atoms with Gasteiger partial charge in [-0.05, 0) is 12.8 Å². The zero-order valence-electron chi connectivity index (χ0n) is 5.36. The minimum Gasteiger partial charge on any atom is -0.480 e. The van der Waals surface area contributed by atoms with Crippen LogP contribution in [0.5, 0.6) is 0 Å². The number of aliphatic carboxylic acids is 1. The first kappa shape index (κ1) is 11.6. The van der Waals surface area contributed by atoms with E-state index in [1.54, 1.807) is 0 Å². The zero-order valence-corrected chi connectivity index (χ0v) is 8.38. The van der Waals surface area contributed by atoms with Crippen LogP contribution < -0.4 is 0 Å². The molecular formula is C5H6Cl4O2.